The van der Waals surface area contributed by atoms with Crippen molar-refractivity contribution in [2.24, 2.45) is 0 Å². The monoisotopic (exact) mass is 355 g/mol. The third-order valence-corrected chi connectivity index (χ3v) is 3.93. The molecule has 0 saturated heterocycles. The number of anilines is 1. The molecule has 26 heavy (non-hydrogen) atoms. The molecular formula is C18H21N5O3. The summed E-state index contributed by atoms with van der Waals surface area (Å²) in [5.74, 6) is 1.66. The zero-order valence-electron chi connectivity index (χ0n) is 15.3. The van der Waals surface area contributed by atoms with Crippen molar-refractivity contribution >= 4 is 5.95 Å². The normalized spacial score (nSPS) is 10.6. The number of hydrogen-bond donors (Lipinski definition) is 0. The van der Waals surface area contributed by atoms with Crippen LogP contribution in [0.1, 0.15) is 13.8 Å². The molecule has 0 amide bonds. The predicted molar refractivity (Wildman–Crippen MR) is 97.4 cm³/mol. The summed E-state index contributed by atoms with van der Waals surface area (Å²) < 4.78 is 16.0. The van der Waals surface area contributed by atoms with Crippen LogP contribution in [0.2, 0.25) is 0 Å². The molecule has 0 fully saturated rings. The van der Waals surface area contributed by atoms with Crippen molar-refractivity contribution < 1.29 is 13.9 Å². The van der Waals surface area contributed by atoms with Crippen molar-refractivity contribution in [1.29, 1.82) is 0 Å². The number of ether oxygens (including phenoxy) is 2. The minimum atomic E-state index is 0.206. The van der Waals surface area contributed by atoms with Crippen molar-refractivity contribution in [3.05, 3.63) is 30.7 Å². The number of furan rings is 1. The van der Waals surface area contributed by atoms with E-state index in [2.05, 4.69) is 33.7 Å². The van der Waals surface area contributed by atoms with Crippen molar-refractivity contribution in [2.45, 2.75) is 13.8 Å². The molecule has 136 valence electrons. The highest BCUT2D eigenvalue weighted by molar-refractivity contribution is 5.77. The first-order chi connectivity index (χ1) is 12.7. The average molecular weight is 355 g/mol. The van der Waals surface area contributed by atoms with Gasteiger partial charge in [0.2, 0.25) is 11.8 Å². The van der Waals surface area contributed by atoms with Crippen molar-refractivity contribution in [2.75, 3.05) is 32.2 Å². The van der Waals surface area contributed by atoms with E-state index in [1.54, 1.807) is 25.6 Å². The van der Waals surface area contributed by atoms with Crippen LogP contribution in [0.4, 0.5) is 5.95 Å². The molecular weight excluding hydrogens is 334 g/mol. The molecule has 0 radical (unpaired) electrons. The van der Waals surface area contributed by atoms with E-state index in [0.29, 0.717) is 34.5 Å². The maximum absolute atomic E-state index is 5.58. The van der Waals surface area contributed by atoms with E-state index >= 15 is 0 Å². The molecule has 3 aromatic rings. The molecule has 0 bridgehead atoms. The summed E-state index contributed by atoms with van der Waals surface area (Å²) in [6.45, 7) is 5.74. The van der Waals surface area contributed by atoms with Gasteiger partial charge < -0.3 is 18.8 Å². The molecule has 0 aliphatic rings. The van der Waals surface area contributed by atoms with E-state index in [1.165, 1.54) is 7.11 Å². The summed E-state index contributed by atoms with van der Waals surface area (Å²) in [5.41, 5.74) is 1.94. The lowest BCUT2D eigenvalue weighted by Crippen LogP contribution is -2.24. The molecule has 0 N–H and O–H groups in total. The first-order valence-electron chi connectivity index (χ1n) is 8.33. The smallest absolute Gasteiger partial charge is 0.320 e. The molecule has 0 aromatic carbocycles. The standard InChI is InChI=1S/C18H21N5O3/c1-5-23(6-2)17-19-11-12(16(22-17)14-8-7-9-26-14)13-10-15(24-3)21-18(20-13)25-4/h7-11H,5-6H2,1-4H3. The van der Waals surface area contributed by atoms with Crippen LogP contribution in [0.5, 0.6) is 11.9 Å². The summed E-state index contributed by atoms with van der Waals surface area (Å²) in [4.78, 5) is 19.8. The second-order valence-electron chi connectivity index (χ2n) is 5.36. The average Bonchev–Trinajstić information content (AvgIpc) is 3.23. The van der Waals surface area contributed by atoms with Gasteiger partial charge in [0.15, 0.2) is 5.76 Å². The van der Waals surface area contributed by atoms with Gasteiger partial charge in [0.25, 0.3) is 0 Å². The van der Waals surface area contributed by atoms with Gasteiger partial charge in [-0.05, 0) is 26.0 Å². The Kier molecular flexibility index (Phi) is 5.31. The van der Waals surface area contributed by atoms with Crippen molar-refractivity contribution in [1.82, 2.24) is 19.9 Å². The fraction of sp³-hybridized carbons (Fsp3) is 0.333. The molecule has 0 spiro atoms. The third kappa shape index (κ3) is 3.44. The highest BCUT2D eigenvalue weighted by Crippen LogP contribution is 2.32. The van der Waals surface area contributed by atoms with Gasteiger partial charge in [0, 0.05) is 30.9 Å². The van der Waals surface area contributed by atoms with Gasteiger partial charge in [0.1, 0.15) is 5.69 Å². The Bertz CT molecular complexity index is 841. The SMILES string of the molecule is CCN(CC)c1ncc(-c2cc(OC)nc(OC)n2)c(-c2ccco2)n1. The Morgan fingerprint density at radius 1 is 1.08 bits per heavy atom. The maximum atomic E-state index is 5.58. The second kappa shape index (κ2) is 7.81. The Hall–Kier alpha value is -3.16. The summed E-state index contributed by atoms with van der Waals surface area (Å²) in [6, 6.07) is 5.59. The molecule has 0 aliphatic carbocycles. The van der Waals surface area contributed by atoms with Crippen LogP contribution in [0.3, 0.4) is 0 Å². The van der Waals surface area contributed by atoms with Gasteiger partial charge in [-0.15, -0.1) is 0 Å². The number of aromatic nitrogens is 4. The highest BCUT2D eigenvalue weighted by atomic mass is 16.5. The van der Waals surface area contributed by atoms with E-state index in [-0.39, 0.29) is 6.01 Å². The van der Waals surface area contributed by atoms with Crippen LogP contribution in [-0.4, -0.2) is 47.2 Å². The minimum Gasteiger partial charge on any atom is -0.481 e. The molecule has 0 atom stereocenters. The van der Waals surface area contributed by atoms with Gasteiger partial charge in [0.05, 0.1) is 26.2 Å². The topological polar surface area (TPSA) is 86.4 Å². The molecule has 0 saturated carbocycles. The zero-order valence-corrected chi connectivity index (χ0v) is 15.3. The summed E-state index contributed by atoms with van der Waals surface area (Å²) in [6.07, 6.45) is 3.35. The van der Waals surface area contributed by atoms with Gasteiger partial charge in [-0.25, -0.2) is 9.97 Å². The van der Waals surface area contributed by atoms with Gasteiger partial charge in [-0.2, -0.15) is 9.97 Å². The maximum Gasteiger partial charge on any atom is 0.320 e. The van der Waals surface area contributed by atoms with E-state index < -0.39 is 0 Å². The highest BCUT2D eigenvalue weighted by Gasteiger charge is 2.18. The molecule has 0 unspecified atom stereocenters. The summed E-state index contributed by atoms with van der Waals surface area (Å²) >= 11 is 0. The first kappa shape index (κ1) is 17.7. The lowest BCUT2D eigenvalue weighted by atomic mass is 10.1. The molecule has 8 nitrogen and oxygen atoms in total. The third-order valence-electron chi connectivity index (χ3n) is 3.93. The van der Waals surface area contributed by atoms with E-state index in [0.717, 1.165) is 13.1 Å². The minimum absolute atomic E-state index is 0.206. The van der Waals surface area contributed by atoms with Crippen LogP contribution in [-0.2, 0) is 0 Å². The molecule has 0 aliphatic heterocycles. The molecule has 8 heteroatoms. The summed E-state index contributed by atoms with van der Waals surface area (Å²) in [7, 11) is 3.05. The van der Waals surface area contributed by atoms with Gasteiger partial charge in [-0.1, -0.05) is 0 Å². The predicted octanol–water partition coefficient (Wildman–Crippen LogP) is 3.06. The van der Waals surface area contributed by atoms with E-state index in [1.807, 2.05) is 12.1 Å². The fourth-order valence-electron chi connectivity index (χ4n) is 2.56. The lowest BCUT2D eigenvalue weighted by molar-refractivity contribution is 0.352. The van der Waals surface area contributed by atoms with Crippen molar-refractivity contribution in [3.63, 3.8) is 0 Å². The summed E-state index contributed by atoms with van der Waals surface area (Å²) in [5, 5.41) is 0. The van der Waals surface area contributed by atoms with E-state index in [9.17, 15) is 0 Å². The van der Waals surface area contributed by atoms with Crippen LogP contribution < -0.4 is 14.4 Å². The van der Waals surface area contributed by atoms with E-state index in [4.69, 9.17) is 18.9 Å². The molecule has 3 aromatic heterocycles. The fourth-order valence-corrected chi connectivity index (χ4v) is 2.56. The zero-order chi connectivity index (χ0) is 18.5. The Morgan fingerprint density at radius 2 is 1.88 bits per heavy atom. The Morgan fingerprint density at radius 3 is 2.50 bits per heavy atom. The number of methoxy groups -OCH3 is 2. The molecule has 3 rings (SSSR count). The number of rotatable bonds is 7. The van der Waals surface area contributed by atoms with Gasteiger partial charge in [-0.3, -0.25) is 0 Å². The second-order valence-corrected chi connectivity index (χ2v) is 5.36. The molecule has 3 heterocycles. The Labute approximate surface area is 151 Å². The lowest BCUT2D eigenvalue weighted by Gasteiger charge is -2.19. The van der Waals surface area contributed by atoms with Gasteiger partial charge >= 0.3 is 6.01 Å². The van der Waals surface area contributed by atoms with Crippen LogP contribution >= 0.6 is 0 Å². The van der Waals surface area contributed by atoms with Crippen molar-refractivity contribution in [3.8, 4) is 34.6 Å². The van der Waals surface area contributed by atoms with Crippen LogP contribution in [0, 0.1) is 0 Å². The first-order valence-corrected chi connectivity index (χ1v) is 8.33. The van der Waals surface area contributed by atoms with Crippen LogP contribution in [0.25, 0.3) is 22.7 Å². The van der Waals surface area contributed by atoms with Crippen LogP contribution in [0.15, 0.2) is 35.1 Å². The quantitative estimate of drug-likeness (QED) is 0.639. The number of hydrogen-bond acceptors (Lipinski definition) is 8. The largest absolute Gasteiger partial charge is 0.481 e. The Balaban J connectivity index is 2.18. The number of nitrogens with zero attached hydrogens (tertiary/aromatic N) is 5.